The first-order chi connectivity index (χ1) is 8.75. The Kier molecular flexibility index (Phi) is 5.84. The highest BCUT2D eigenvalue weighted by Gasteiger charge is 2.38. The summed E-state index contributed by atoms with van der Waals surface area (Å²) in [6, 6.07) is 0. The highest BCUT2D eigenvalue weighted by atomic mass is 16.5. The van der Waals surface area contributed by atoms with Crippen molar-refractivity contribution in [2.45, 2.75) is 65.5 Å². The molecule has 0 aromatic carbocycles. The summed E-state index contributed by atoms with van der Waals surface area (Å²) >= 11 is 0. The molecular formula is C16H34N2O. The molecule has 0 amide bonds. The summed E-state index contributed by atoms with van der Waals surface area (Å²) in [5.74, 6) is 0.817. The maximum Gasteiger partial charge on any atom is 0.0736 e. The Morgan fingerprint density at radius 2 is 1.84 bits per heavy atom. The summed E-state index contributed by atoms with van der Waals surface area (Å²) in [4.78, 5) is 2.56. The van der Waals surface area contributed by atoms with Gasteiger partial charge in [0, 0.05) is 13.7 Å². The van der Waals surface area contributed by atoms with Crippen LogP contribution in [0.4, 0.5) is 0 Å². The predicted molar refractivity (Wildman–Crippen MR) is 82.3 cm³/mol. The van der Waals surface area contributed by atoms with Gasteiger partial charge in [-0.25, -0.2) is 0 Å². The number of likely N-dealkylation sites (tertiary alicyclic amines) is 1. The minimum Gasteiger partial charge on any atom is -0.380 e. The molecule has 0 saturated carbocycles. The van der Waals surface area contributed by atoms with Crippen LogP contribution in [0.5, 0.6) is 0 Å². The van der Waals surface area contributed by atoms with Crippen LogP contribution in [0.3, 0.4) is 0 Å². The van der Waals surface area contributed by atoms with Crippen molar-refractivity contribution < 1.29 is 4.74 Å². The third-order valence-corrected chi connectivity index (χ3v) is 5.32. The molecule has 0 spiro atoms. The normalized spacial score (nSPS) is 27.6. The van der Waals surface area contributed by atoms with E-state index in [2.05, 4.69) is 39.5 Å². The molecule has 0 aromatic heterocycles. The lowest BCUT2D eigenvalue weighted by Gasteiger charge is -2.44. The Balaban J connectivity index is 2.75. The third-order valence-electron chi connectivity index (χ3n) is 5.32. The molecular weight excluding hydrogens is 236 g/mol. The first-order valence-electron chi connectivity index (χ1n) is 7.73. The van der Waals surface area contributed by atoms with Gasteiger partial charge in [-0.1, -0.05) is 20.8 Å². The van der Waals surface area contributed by atoms with Crippen molar-refractivity contribution in [1.29, 1.82) is 0 Å². The Morgan fingerprint density at radius 3 is 2.32 bits per heavy atom. The quantitative estimate of drug-likeness (QED) is 0.853. The number of ether oxygens (including phenoxy) is 1. The van der Waals surface area contributed by atoms with Gasteiger partial charge < -0.3 is 10.5 Å². The summed E-state index contributed by atoms with van der Waals surface area (Å²) < 4.78 is 5.57. The van der Waals surface area contributed by atoms with Gasteiger partial charge in [0.25, 0.3) is 0 Å². The first-order valence-corrected chi connectivity index (χ1v) is 7.73. The Bertz CT molecular complexity index is 274. The van der Waals surface area contributed by atoms with E-state index in [1.165, 1.54) is 19.3 Å². The summed E-state index contributed by atoms with van der Waals surface area (Å²) in [6.07, 6.45) is 4.05. The lowest BCUT2D eigenvalue weighted by molar-refractivity contribution is -0.0307. The largest absolute Gasteiger partial charge is 0.380 e. The standard InChI is InChI=1S/C16H34N2O/c1-13(19-6)16(5,12-17)18-10-7-8-14(9-11-18)15(2,3)4/h13-14H,7-12,17H2,1-6H3. The van der Waals surface area contributed by atoms with E-state index >= 15 is 0 Å². The third kappa shape index (κ3) is 3.93. The number of hydrogen-bond donors (Lipinski definition) is 1. The molecule has 19 heavy (non-hydrogen) atoms. The molecule has 0 aromatic rings. The molecule has 1 aliphatic rings. The van der Waals surface area contributed by atoms with Gasteiger partial charge in [-0.2, -0.15) is 0 Å². The molecule has 0 bridgehead atoms. The fraction of sp³-hybridized carbons (Fsp3) is 1.00. The molecule has 1 saturated heterocycles. The van der Waals surface area contributed by atoms with E-state index in [4.69, 9.17) is 10.5 Å². The lowest BCUT2D eigenvalue weighted by Crippen LogP contribution is -2.59. The molecule has 3 atom stereocenters. The molecule has 1 rings (SSSR count). The highest BCUT2D eigenvalue weighted by Crippen LogP contribution is 2.36. The van der Waals surface area contributed by atoms with Crippen LogP contribution in [-0.4, -0.2) is 43.3 Å². The van der Waals surface area contributed by atoms with Crippen LogP contribution in [0.25, 0.3) is 0 Å². The van der Waals surface area contributed by atoms with Gasteiger partial charge in [0.05, 0.1) is 11.6 Å². The average Bonchev–Trinajstić information content (AvgIpc) is 2.62. The van der Waals surface area contributed by atoms with Crippen molar-refractivity contribution >= 4 is 0 Å². The van der Waals surface area contributed by atoms with Crippen LogP contribution >= 0.6 is 0 Å². The van der Waals surface area contributed by atoms with Gasteiger partial charge in [-0.15, -0.1) is 0 Å². The van der Waals surface area contributed by atoms with E-state index in [1.54, 1.807) is 7.11 Å². The number of rotatable bonds is 4. The van der Waals surface area contributed by atoms with Crippen molar-refractivity contribution in [1.82, 2.24) is 4.90 Å². The van der Waals surface area contributed by atoms with Gasteiger partial charge in [0.15, 0.2) is 0 Å². The zero-order valence-electron chi connectivity index (χ0n) is 13.8. The van der Waals surface area contributed by atoms with Crippen molar-refractivity contribution in [2.24, 2.45) is 17.1 Å². The van der Waals surface area contributed by atoms with E-state index in [0.717, 1.165) is 19.0 Å². The highest BCUT2D eigenvalue weighted by molar-refractivity contribution is 4.94. The average molecular weight is 270 g/mol. The van der Waals surface area contributed by atoms with E-state index in [0.29, 0.717) is 12.0 Å². The van der Waals surface area contributed by atoms with Crippen LogP contribution in [-0.2, 0) is 4.74 Å². The number of nitrogens with two attached hydrogens (primary N) is 1. The number of hydrogen-bond acceptors (Lipinski definition) is 3. The van der Waals surface area contributed by atoms with Crippen LogP contribution in [0.15, 0.2) is 0 Å². The molecule has 1 heterocycles. The van der Waals surface area contributed by atoms with E-state index < -0.39 is 0 Å². The Labute approximate surface area is 119 Å². The summed E-state index contributed by atoms with van der Waals surface area (Å²) in [7, 11) is 1.79. The molecule has 2 N–H and O–H groups in total. The second-order valence-corrected chi connectivity index (χ2v) is 7.42. The number of nitrogens with zero attached hydrogens (tertiary/aromatic N) is 1. The molecule has 114 valence electrons. The van der Waals surface area contributed by atoms with Crippen LogP contribution in [0.2, 0.25) is 0 Å². The van der Waals surface area contributed by atoms with E-state index in [9.17, 15) is 0 Å². The molecule has 3 unspecified atom stereocenters. The molecule has 1 fully saturated rings. The van der Waals surface area contributed by atoms with Crippen LogP contribution in [0, 0.1) is 11.3 Å². The van der Waals surface area contributed by atoms with Crippen LogP contribution in [0.1, 0.15) is 53.9 Å². The maximum absolute atomic E-state index is 6.06. The zero-order valence-corrected chi connectivity index (χ0v) is 13.8. The summed E-state index contributed by atoms with van der Waals surface area (Å²) in [5, 5.41) is 0. The fourth-order valence-corrected chi connectivity index (χ4v) is 3.28. The second kappa shape index (κ2) is 6.55. The van der Waals surface area contributed by atoms with Crippen molar-refractivity contribution in [3.8, 4) is 0 Å². The van der Waals surface area contributed by atoms with Gasteiger partial charge >= 0.3 is 0 Å². The van der Waals surface area contributed by atoms with Gasteiger partial charge in [-0.3, -0.25) is 4.90 Å². The SMILES string of the molecule is COC(C)C(C)(CN)N1CCCC(C(C)(C)C)CC1. The van der Waals surface area contributed by atoms with E-state index in [-0.39, 0.29) is 11.6 Å². The second-order valence-electron chi connectivity index (χ2n) is 7.42. The zero-order chi connectivity index (χ0) is 14.7. The van der Waals surface area contributed by atoms with Crippen molar-refractivity contribution in [2.75, 3.05) is 26.7 Å². The van der Waals surface area contributed by atoms with Gasteiger partial charge in [0.1, 0.15) is 0 Å². The molecule has 3 nitrogen and oxygen atoms in total. The van der Waals surface area contributed by atoms with Crippen LogP contribution < -0.4 is 5.73 Å². The minimum absolute atomic E-state index is 0.0402. The molecule has 0 radical (unpaired) electrons. The molecule has 1 aliphatic heterocycles. The van der Waals surface area contributed by atoms with Gasteiger partial charge in [-0.05, 0) is 57.5 Å². The van der Waals surface area contributed by atoms with Crippen molar-refractivity contribution in [3.63, 3.8) is 0 Å². The summed E-state index contributed by atoms with van der Waals surface area (Å²) in [6.45, 7) is 14.4. The lowest BCUT2D eigenvalue weighted by atomic mass is 9.76. The Morgan fingerprint density at radius 1 is 1.21 bits per heavy atom. The monoisotopic (exact) mass is 270 g/mol. The van der Waals surface area contributed by atoms with Gasteiger partial charge in [0.2, 0.25) is 0 Å². The van der Waals surface area contributed by atoms with E-state index in [1.807, 2.05) is 0 Å². The Hall–Kier alpha value is -0.120. The smallest absolute Gasteiger partial charge is 0.0736 e. The number of methoxy groups -OCH3 is 1. The maximum atomic E-state index is 6.06. The fourth-order valence-electron chi connectivity index (χ4n) is 3.28. The van der Waals surface area contributed by atoms with Crippen molar-refractivity contribution in [3.05, 3.63) is 0 Å². The molecule has 3 heteroatoms. The first kappa shape index (κ1) is 16.9. The summed E-state index contributed by atoms with van der Waals surface area (Å²) in [5.41, 5.74) is 6.44. The minimum atomic E-state index is -0.0402. The molecule has 0 aliphatic carbocycles. The topological polar surface area (TPSA) is 38.5 Å². The predicted octanol–water partition coefficient (Wildman–Crippen LogP) is 2.89.